The van der Waals surface area contributed by atoms with Gasteiger partial charge in [-0.15, -0.1) is 0 Å². The number of nitrogens with two attached hydrogens (primary N) is 2. The Balaban J connectivity index is 5.11. The van der Waals surface area contributed by atoms with Crippen molar-refractivity contribution in [2.75, 3.05) is 13.1 Å². The summed E-state index contributed by atoms with van der Waals surface area (Å²) >= 11 is 0. The highest BCUT2D eigenvalue weighted by Crippen LogP contribution is 2.20. The minimum atomic E-state index is -4.99. The number of guanidine groups is 1. The van der Waals surface area contributed by atoms with E-state index < -0.39 is 61.0 Å². The fourth-order valence-corrected chi connectivity index (χ4v) is 2.25. The normalized spacial score (nSPS) is 14.1. The van der Waals surface area contributed by atoms with Crippen LogP contribution in [0.3, 0.4) is 0 Å². The second kappa shape index (κ2) is 12.5. The van der Waals surface area contributed by atoms with Crippen molar-refractivity contribution in [2.45, 2.75) is 50.5 Å². The molecule has 3 atom stereocenters. The molecular weight excluding hydrogens is 417 g/mol. The third kappa shape index (κ3) is 11.7. The van der Waals surface area contributed by atoms with Crippen molar-refractivity contribution in [1.82, 2.24) is 16.0 Å². The quantitative estimate of drug-likeness (QED) is 0.0964. The van der Waals surface area contributed by atoms with Gasteiger partial charge in [0.25, 0.3) is 0 Å². The summed E-state index contributed by atoms with van der Waals surface area (Å²) in [4.78, 5) is 48.8. The zero-order valence-corrected chi connectivity index (χ0v) is 16.0. The summed E-state index contributed by atoms with van der Waals surface area (Å²) < 4.78 is 39.6. The molecule has 0 aliphatic heterocycles. The van der Waals surface area contributed by atoms with E-state index in [4.69, 9.17) is 21.7 Å². The van der Waals surface area contributed by atoms with Crippen molar-refractivity contribution in [1.29, 1.82) is 0 Å². The highest BCUT2D eigenvalue weighted by Gasteiger charge is 2.42. The maximum atomic E-state index is 13.2. The standard InChI is InChI=1S/C15H25F3N6O6/c1-7(25)23-8(3-2-4-21-14(19)20)12(28)22-6-10(15(16,17)18)24-9(13(29)30)5-11(26)27/h8-10,24H,2-6H2,1H3,(H,22,28)(H,23,25)(H,26,27)(H,29,30)(H4,19,20,21)/t8-,9-,10+/m0/s1. The van der Waals surface area contributed by atoms with Gasteiger partial charge in [0.2, 0.25) is 11.8 Å². The summed E-state index contributed by atoms with van der Waals surface area (Å²) in [5.41, 5.74) is 10.3. The highest BCUT2D eigenvalue weighted by molar-refractivity contribution is 5.86. The predicted octanol–water partition coefficient (Wildman–Crippen LogP) is -1.89. The number of carboxylic acid groups (broad SMARTS) is 2. The van der Waals surface area contributed by atoms with Crippen LogP contribution in [0.5, 0.6) is 0 Å². The van der Waals surface area contributed by atoms with Crippen LogP contribution >= 0.6 is 0 Å². The third-order valence-corrected chi connectivity index (χ3v) is 3.59. The molecule has 9 N–H and O–H groups in total. The zero-order chi connectivity index (χ0) is 23.5. The minimum Gasteiger partial charge on any atom is -0.481 e. The van der Waals surface area contributed by atoms with Crippen molar-refractivity contribution in [3.8, 4) is 0 Å². The van der Waals surface area contributed by atoms with Gasteiger partial charge in [0.1, 0.15) is 18.1 Å². The first kappa shape index (κ1) is 26.9. The van der Waals surface area contributed by atoms with Gasteiger partial charge in [-0.1, -0.05) is 0 Å². The van der Waals surface area contributed by atoms with Crippen molar-refractivity contribution in [2.24, 2.45) is 16.5 Å². The number of carbonyl (C=O) groups excluding carboxylic acids is 2. The molecule has 0 bridgehead atoms. The monoisotopic (exact) mass is 442 g/mol. The second-order valence-corrected chi connectivity index (χ2v) is 6.20. The molecule has 0 unspecified atom stereocenters. The summed E-state index contributed by atoms with van der Waals surface area (Å²) in [7, 11) is 0. The molecule has 0 fully saturated rings. The first-order valence-electron chi connectivity index (χ1n) is 8.61. The number of amides is 2. The van der Waals surface area contributed by atoms with Gasteiger partial charge < -0.3 is 32.3 Å². The van der Waals surface area contributed by atoms with Gasteiger partial charge >= 0.3 is 18.1 Å². The van der Waals surface area contributed by atoms with Gasteiger partial charge in [0, 0.05) is 20.0 Å². The molecule has 172 valence electrons. The Morgan fingerprint density at radius 1 is 1.10 bits per heavy atom. The molecule has 0 aliphatic carbocycles. The number of halogens is 3. The maximum absolute atomic E-state index is 13.2. The molecule has 0 saturated carbocycles. The average molecular weight is 442 g/mol. The average Bonchev–Trinajstić information content (AvgIpc) is 2.57. The summed E-state index contributed by atoms with van der Waals surface area (Å²) in [6, 6.07) is -5.75. The van der Waals surface area contributed by atoms with Gasteiger partial charge in [-0.25, -0.2) is 0 Å². The second-order valence-electron chi connectivity index (χ2n) is 6.20. The van der Waals surface area contributed by atoms with E-state index in [2.05, 4.69) is 10.3 Å². The lowest BCUT2D eigenvalue weighted by atomic mass is 10.1. The molecule has 0 aromatic heterocycles. The third-order valence-electron chi connectivity index (χ3n) is 3.59. The van der Waals surface area contributed by atoms with E-state index in [0.29, 0.717) is 0 Å². The first-order valence-corrected chi connectivity index (χ1v) is 8.61. The van der Waals surface area contributed by atoms with Crippen LogP contribution in [-0.2, 0) is 19.2 Å². The fourth-order valence-electron chi connectivity index (χ4n) is 2.25. The van der Waals surface area contributed by atoms with Crippen LogP contribution in [0.15, 0.2) is 4.99 Å². The highest BCUT2D eigenvalue weighted by atomic mass is 19.4. The molecule has 12 nitrogen and oxygen atoms in total. The predicted molar refractivity (Wildman–Crippen MR) is 97.2 cm³/mol. The lowest BCUT2D eigenvalue weighted by Gasteiger charge is -2.26. The number of carbonyl (C=O) groups is 4. The van der Waals surface area contributed by atoms with E-state index in [-0.39, 0.29) is 25.3 Å². The van der Waals surface area contributed by atoms with E-state index in [1.807, 2.05) is 5.32 Å². The number of nitrogens with one attached hydrogen (secondary N) is 3. The lowest BCUT2D eigenvalue weighted by Crippen LogP contribution is -2.57. The zero-order valence-electron chi connectivity index (χ0n) is 16.0. The molecule has 0 aromatic carbocycles. The summed E-state index contributed by atoms with van der Waals surface area (Å²) in [6.45, 7) is 0.142. The van der Waals surface area contributed by atoms with E-state index in [1.54, 1.807) is 5.32 Å². The number of carboxylic acids is 2. The minimum absolute atomic E-state index is 0.0169. The van der Waals surface area contributed by atoms with Gasteiger partial charge in [-0.2, -0.15) is 13.2 Å². The number of alkyl halides is 3. The topological polar surface area (TPSA) is 209 Å². The molecule has 0 radical (unpaired) electrons. The van der Waals surface area contributed by atoms with E-state index >= 15 is 0 Å². The van der Waals surface area contributed by atoms with Gasteiger partial charge in [0.05, 0.1) is 6.42 Å². The van der Waals surface area contributed by atoms with Crippen LogP contribution in [0.1, 0.15) is 26.2 Å². The fraction of sp³-hybridized carbons (Fsp3) is 0.667. The maximum Gasteiger partial charge on any atom is 0.405 e. The SMILES string of the molecule is CC(=O)N[C@@H](CCCN=C(N)N)C(=O)NC[C@@H](N[C@@H](CC(=O)O)C(=O)O)C(F)(F)F. The summed E-state index contributed by atoms with van der Waals surface area (Å²) in [6.07, 6.45) is -5.84. The van der Waals surface area contributed by atoms with E-state index in [1.165, 1.54) is 0 Å². The Morgan fingerprint density at radius 2 is 1.70 bits per heavy atom. The van der Waals surface area contributed by atoms with Crippen LogP contribution in [0.2, 0.25) is 0 Å². The smallest absolute Gasteiger partial charge is 0.405 e. The van der Waals surface area contributed by atoms with Crippen molar-refractivity contribution < 1.29 is 42.6 Å². The summed E-state index contributed by atoms with van der Waals surface area (Å²) in [5.74, 6) is -5.16. The molecule has 0 heterocycles. The van der Waals surface area contributed by atoms with Gasteiger partial charge in [-0.05, 0) is 12.8 Å². The molecule has 2 amide bonds. The number of nitrogens with zero attached hydrogens (tertiary/aromatic N) is 1. The van der Waals surface area contributed by atoms with Crippen LogP contribution in [-0.4, -0.2) is 77.3 Å². The molecule has 0 rings (SSSR count). The van der Waals surface area contributed by atoms with Crippen LogP contribution < -0.4 is 27.4 Å². The Hall–Kier alpha value is -3.10. The van der Waals surface area contributed by atoms with Gasteiger partial charge in [-0.3, -0.25) is 29.5 Å². The Labute approximate surface area is 169 Å². The molecule has 0 aromatic rings. The Morgan fingerprint density at radius 3 is 2.13 bits per heavy atom. The number of aliphatic imine (C=N–C) groups is 1. The Kier molecular flexibility index (Phi) is 11.2. The van der Waals surface area contributed by atoms with Crippen molar-refractivity contribution in [3.05, 3.63) is 0 Å². The number of rotatable bonds is 13. The van der Waals surface area contributed by atoms with Crippen LogP contribution in [0, 0.1) is 0 Å². The van der Waals surface area contributed by atoms with Gasteiger partial charge in [0.15, 0.2) is 5.96 Å². The van der Waals surface area contributed by atoms with Crippen molar-refractivity contribution in [3.63, 3.8) is 0 Å². The molecule has 0 aliphatic rings. The number of hydrogen-bond donors (Lipinski definition) is 7. The first-order chi connectivity index (χ1) is 13.7. The molecule has 30 heavy (non-hydrogen) atoms. The lowest BCUT2D eigenvalue weighted by molar-refractivity contribution is -0.163. The Bertz CT molecular complexity index is 653. The van der Waals surface area contributed by atoms with Crippen LogP contribution in [0.4, 0.5) is 13.2 Å². The van der Waals surface area contributed by atoms with E-state index in [9.17, 15) is 32.3 Å². The molecular formula is C15H25F3N6O6. The molecule has 0 saturated heterocycles. The number of hydrogen-bond acceptors (Lipinski definition) is 6. The molecule has 0 spiro atoms. The largest absolute Gasteiger partial charge is 0.481 e. The van der Waals surface area contributed by atoms with Crippen molar-refractivity contribution >= 4 is 29.7 Å². The number of aliphatic carboxylic acids is 2. The molecule has 15 heteroatoms. The van der Waals surface area contributed by atoms with E-state index in [0.717, 1.165) is 6.92 Å². The van der Waals surface area contributed by atoms with Crippen LogP contribution in [0.25, 0.3) is 0 Å². The summed E-state index contributed by atoms with van der Waals surface area (Å²) in [5, 5.41) is 23.5.